The summed E-state index contributed by atoms with van der Waals surface area (Å²) in [6.45, 7) is 4.69. The first-order valence-electron chi connectivity index (χ1n) is 7.48. The number of carbonyl (C=O) groups is 1. The number of amides is 2. The van der Waals surface area contributed by atoms with Gasteiger partial charge >= 0.3 is 6.03 Å². The molecule has 0 aliphatic heterocycles. The number of carbonyl (C=O) groups excluding carboxylic acids is 1. The third-order valence-electron chi connectivity index (χ3n) is 3.43. The van der Waals surface area contributed by atoms with Crippen LogP contribution in [0.4, 0.5) is 10.5 Å². The van der Waals surface area contributed by atoms with E-state index in [9.17, 15) is 4.79 Å². The Bertz CT molecular complexity index is 651. The van der Waals surface area contributed by atoms with Crippen LogP contribution in [-0.4, -0.2) is 26.3 Å². The lowest BCUT2D eigenvalue weighted by Gasteiger charge is -2.13. The Labute approximate surface area is 136 Å². The van der Waals surface area contributed by atoms with Gasteiger partial charge in [0, 0.05) is 5.69 Å². The molecule has 0 aliphatic carbocycles. The molecule has 0 saturated heterocycles. The Balaban J connectivity index is 1.79. The molecule has 23 heavy (non-hydrogen) atoms. The fourth-order valence-corrected chi connectivity index (χ4v) is 2.23. The molecule has 0 spiro atoms. The summed E-state index contributed by atoms with van der Waals surface area (Å²) >= 11 is 0. The predicted molar refractivity (Wildman–Crippen MR) is 91.4 cm³/mol. The first-order valence-corrected chi connectivity index (χ1v) is 7.48. The topological polar surface area (TPSA) is 59.6 Å². The summed E-state index contributed by atoms with van der Waals surface area (Å²) < 4.78 is 10.8. The van der Waals surface area contributed by atoms with Crippen LogP contribution >= 0.6 is 0 Å². The van der Waals surface area contributed by atoms with Gasteiger partial charge in [-0.05, 0) is 37.1 Å². The van der Waals surface area contributed by atoms with Gasteiger partial charge in [0.25, 0.3) is 0 Å². The summed E-state index contributed by atoms with van der Waals surface area (Å²) in [6, 6.07) is 13.1. The van der Waals surface area contributed by atoms with Crippen molar-refractivity contribution < 1.29 is 14.3 Å². The highest BCUT2D eigenvalue weighted by Gasteiger charge is 2.07. The zero-order valence-electron chi connectivity index (χ0n) is 13.7. The van der Waals surface area contributed by atoms with Crippen molar-refractivity contribution in [3.8, 4) is 11.5 Å². The molecule has 122 valence electrons. The Morgan fingerprint density at radius 3 is 2.30 bits per heavy atom. The van der Waals surface area contributed by atoms with Gasteiger partial charge in [0.1, 0.15) is 6.61 Å². The summed E-state index contributed by atoms with van der Waals surface area (Å²) in [6.07, 6.45) is 0. The van der Waals surface area contributed by atoms with E-state index in [2.05, 4.69) is 10.6 Å². The third kappa shape index (κ3) is 4.64. The Morgan fingerprint density at radius 1 is 1.00 bits per heavy atom. The van der Waals surface area contributed by atoms with Gasteiger partial charge < -0.3 is 20.1 Å². The lowest BCUT2D eigenvalue weighted by atomic mass is 10.1. The van der Waals surface area contributed by atoms with Crippen LogP contribution in [0.3, 0.4) is 0 Å². The van der Waals surface area contributed by atoms with Crippen molar-refractivity contribution in [1.82, 2.24) is 5.32 Å². The van der Waals surface area contributed by atoms with Crippen LogP contribution in [0.2, 0.25) is 0 Å². The standard InChI is InChI=1S/C18H22N2O3/c1-13-7-6-8-14(2)17(13)20-18(21)19-11-12-23-16-10-5-4-9-15(16)22-3/h4-10H,11-12H2,1-3H3,(H2,19,20,21). The maximum atomic E-state index is 11.9. The van der Waals surface area contributed by atoms with Crippen LogP contribution in [0, 0.1) is 13.8 Å². The summed E-state index contributed by atoms with van der Waals surface area (Å²) in [7, 11) is 1.60. The molecule has 0 aromatic heterocycles. The van der Waals surface area contributed by atoms with E-state index in [1.54, 1.807) is 7.11 Å². The Morgan fingerprint density at radius 2 is 1.65 bits per heavy atom. The van der Waals surface area contributed by atoms with Crippen molar-refractivity contribution in [3.63, 3.8) is 0 Å². The van der Waals surface area contributed by atoms with E-state index in [4.69, 9.17) is 9.47 Å². The second-order valence-corrected chi connectivity index (χ2v) is 5.15. The summed E-state index contributed by atoms with van der Waals surface area (Å²) in [5, 5.41) is 5.65. The number of methoxy groups -OCH3 is 1. The van der Waals surface area contributed by atoms with Gasteiger partial charge in [0.05, 0.1) is 13.7 Å². The zero-order chi connectivity index (χ0) is 16.7. The van der Waals surface area contributed by atoms with Crippen molar-refractivity contribution >= 4 is 11.7 Å². The van der Waals surface area contributed by atoms with Gasteiger partial charge in [-0.25, -0.2) is 4.79 Å². The minimum Gasteiger partial charge on any atom is -0.493 e. The predicted octanol–water partition coefficient (Wildman–Crippen LogP) is 3.51. The monoisotopic (exact) mass is 314 g/mol. The minimum absolute atomic E-state index is 0.244. The number of hydrogen-bond donors (Lipinski definition) is 2. The van der Waals surface area contributed by atoms with E-state index in [-0.39, 0.29) is 6.03 Å². The van der Waals surface area contributed by atoms with E-state index in [0.29, 0.717) is 24.7 Å². The van der Waals surface area contributed by atoms with Gasteiger partial charge in [-0.1, -0.05) is 30.3 Å². The van der Waals surface area contributed by atoms with Gasteiger partial charge in [0.15, 0.2) is 11.5 Å². The number of anilines is 1. The van der Waals surface area contributed by atoms with Crippen molar-refractivity contribution in [3.05, 3.63) is 53.6 Å². The van der Waals surface area contributed by atoms with Gasteiger partial charge in [-0.2, -0.15) is 0 Å². The van der Waals surface area contributed by atoms with Crippen molar-refractivity contribution in [2.24, 2.45) is 0 Å². The Hall–Kier alpha value is -2.69. The number of hydrogen-bond acceptors (Lipinski definition) is 3. The third-order valence-corrected chi connectivity index (χ3v) is 3.43. The summed E-state index contributed by atoms with van der Waals surface area (Å²) in [5.41, 5.74) is 2.91. The first kappa shape index (κ1) is 16.7. The van der Waals surface area contributed by atoms with Crippen LogP contribution in [0.5, 0.6) is 11.5 Å². The lowest BCUT2D eigenvalue weighted by Crippen LogP contribution is -2.32. The van der Waals surface area contributed by atoms with Crippen molar-refractivity contribution in [2.45, 2.75) is 13.8 Å². The van der Waals surface area contributed by atoms with E-state index in [0.717, 1.165) is 16.8 Å². The molecule has 2 N–H and O–H groups in total. The SMILES string of the molecule is COc1ccccc1OCCNC(=O)Nc1c(C)cccc1C. The average Bonchev–Trinajstić information content (AvgIpc) is 2.55. The van der Waals surface area contributed by atoms with E-state index in [1.165, 1.54) is 0 Å². The van der Waals surface area contributed by atoms with E-state index in [1.807, 2.05) is 56.3 Å². The van der Waals surface area contributed by atoms with Gasteiger partial charge in [0.2, 0.25) is 0 Å². The lowest BCUT2D eigenvalue weighted by molar-refractivity contribution is 0.246. The van der Waals surface area contributed by atoms with Crippen LogP contribution in [0.1, 0.15) is 11.1 Å². The zero-order valence-corrected chi connectivity index (χ0v) is 13.7. The van der Waals surface area contributed by atoms with E-state index < -0.39 is 0 Å². The molecular formula is C18H22N2O3. The number of rotatable bonds is 6. The number of nitrogens with one attached hydrogen (secondary N) is 2. The van der Waals surface area contributed by atoms with Crippen LogP contribution in [0.15, 0.2) is 42.5 Å². The molecule has 2 aromatic carbocycles. The second-order valence-electron chi connectivity index (χ2n) is 5.15. The number of urea groups is 1. The largest absolute Gasteiger partial charge is 0.493 e. The fraction of sp³-hybridized carbons (Fsp3) is 0.278. The number of ether oxygens (including phenoxy) is 2. The van der Waals surface area contributed by atoms with E-state index >= 15 is 0 Å². The molecule has 2 rings (SSSR count). The quantitative estimate of drug-likeness (QED) is 0.802. The normalized spacial score (nSPS) is 10.0. The molecule has 0 unspecified atom stereocenters. The second kappa shape index (κ2) is 8.08. The molecule has 0 radical (unpaired) electrons. The average molecular weight is 314 g/mol. The summed E-state index contributed by atoms with van der Waals surface area (Å²) in [5.74, 6) is 1.33. The highest BCUT2D eigenvalue weighted by atomic mass is 16.5. The fourth-order valence-electron chi connectivity index (χ4n) is 2.23. The number of aryl methyl sites for hydroxylation is 2. The molecule has 2 amide bonds. The molecule has 0 bridgehead atoms. The molecule has 0 atom stereocenters. The Kier molecular flexibility index (Phi) is 5.86. The smallest absolute Gasteiger partial charge is 0.319 e. The number of para-hydroxylation sites is 3. The van der Waals surface area contributed by atoms with Crippen LogP contribution in [-0.2, 0) is 0 Å². The molecule has 2 aromatic rings. The molecular weight excluding hydrogens is 292 g/mol. The highest BCUT2D eigenvalue weighted by molar-refractivity contribution is 5.90. The molecule has 0 heterocycles. The minimum atomic E-state index is -0.244. The van der Waals surface area contributed by atoms with Crippen molar-refractivity contribution in [2.75, 3.05) is 25.6 Å². The van der Waals surface area contributed by atoms with Crippen LogP contribution < -0.4 is 20.1 Å². The maximum absolute atomic E-state index is 11.9. The van der Waals surface area contributed by atoms with Crippen LogP contribution in [0.25, 0.3) is 0 Å². The first-order chi connectivity index (χ1) is 11.1. The van der Waals surface area contributed by atoms with Crippen molar-refractivity contribution in [1.29, 1.82) is 0 Å². The number of benzene rings is 2. The molecule has 5 heteroatoms. The van der Waals surface area contributed by atoms with Gasteiger partial charge in [-0.3, -0.25) is 0 Å². The molecule has 0 saturated carbocycles. The maximum Gasteiger partial charge on any atom is 0.319 e. The summed E-state index contributed by atoms with van der Waals surface area (Å²) in [4.78, 5) is 11.9. The molecule has 5 nitrogen and oxygen atoms in total. The highest BCUT2D eigenvalue weighted by Crippen LogP contribution is 2.25. The molecule has 0 aliphatic rings. The molecule has 0 fully saturated rings. The van der Waals surface area contributed by atoms with Gasteiger partial charge in [-0.15, -0.1) is 0 Å².